The SMILES string of the molecule is O=C(Nc1ccc(F)cc1)C1Cc2cc(C(F)(F)F)ccc2N2CCN(c3ccccc3F)CC12. The predicted molar refractivity (Wildman–Crippen MR) is 123 cm³/mol. The topological polar surface area (TPSA) is 35.6 Å². The number of hydrogen-bond donors (Lipinski definition) is 1. The molecule has 3 aromatic rings. The minimum absolute atomic E-state index is 0.0958. The van der Waals surface area contributed by atoms with Gasteiger partial charge in [0.1, 0.15) is 11.6 Å². The van der Waals surface area contributed by atoms with Gasteiger partial charge in [0.2, 0.25) is 5.91 Å². The smallest absolute Gasteiger partial charge is 0.365 e. The zero-order valence-electron chi connectivity index (χ0n) is 18.5. The van der Waals surface area contributed by atoms with E-state index in [0.717, 1.165) is 12.1 Å². The van der Waals surface area contributed by atoms with Gasteiger partial charge in [0.05, 0.1) is 23.2 Å². The van der Waals surface area contributed by atoms with Crippen molar-refractivity contribution >= 4 is 23.0 Å². The normalized spacial score (nSPS) is 19.7. The fourth-order valence-electron chi connectivity index (χ4n) is 4.99. The van der Waals surface area contributed by atoms with Crippen LogP contribution < -0.4 is 15.1 Å². The third-order valence-corrected chi connectivity index (χ3v) is 6.68. The van der Waals surface area contributed by atoms with Crippen molar-refractivity contribution in [2.24, 2.45) is 5.92 Å². The molecule has 0 aliphatic carbocycles. The number of benzene rings is 3. The number of rotatable bonds is 3. The zero-order chi connectivity index (χ0) is 24.7. The summed E-state index contributed by atoms with van der Waals surface area (Å²) in [7, 11) is 0. The van der Waals surface area contributed by atoms with Crippen molar-refractivity contribution in [1.29, 1.82) is 0 Å². The first-order valence-electron chi connectivity index (χ1n) is 11.2. The molecule has 3 aromatic carbocycles. The number of halogens is 5. The number of alkyl halides is 3. The van der Waals surface area contributed by atoms with Crippen molar-refractivity contribution in [3.05, 3.63) is 89.5 Å². The monoisotopic (exact) mass is 487 g/mol. The van der Waals surface area contributed by atoms with Crippen molar-refractivity contribution < 1.29 is 26.7 Å². The molecule has 0 saturated carbocycles. The minimum atomic E-state index is -4.50. The number of nitrogens with one attached hydrogen (secondary N) is 1. The molecule has 0 spiro atoms. The summed E-state index contributed by atoms with van der Waals surface area (Å²) < 4.78 is 67.9. The van der Waals surface area contributed by atoms with Gasteiger partial charge in [-0.1, -0.05) is 12.1 Å². The van der Waals surface area contributed by atoms with Crippen LogP contribution >= 0.6 is 0 Å². The number of piperazine rings is 1. The summed E-state index contributed by atoms with van der Waals surface area (Å²) in [5, 5.41) is 2.77. The molecule has 9 heteroatoms. The van der Waals surface area contributed by atoms with Crippen LogP contribution in [-0.2, 0) is 17.4 Å². The molecule has 1 saturated heterocycles. The molecule has 0 bridgehead atoms. The number of amides is 1. The number of carbonyl (C=O) groups is 1. The Morgan fingerprint density at radius 2 is 1.66 bits per heavy atom. The lowest BCUT2D eigenvalue weighted by Gasteiger charge is -2.49. The van der Waals surface area contributed by atoms with E-state index in [2.05, 4.69) is 5.32 Å². The van der Waals surface area contributed by atoms with Gasteiger partial charge < -0.3 is 15.1 Å². The molecule has 5 rings (SSSR count). The first-order chi connectivity index (χ1) is 16.7. The van der Waals surface area contributed by atoms with E-state index in [1.165, 1.54) is 36.4 Å². The number of para-hydroxylation sites is 1. The van der Waals surface area contributed by atoms with E-state index in [1.807, 2.05) is 9.80 Å². The molecule has 4 nitrogen and oxygen atoms in total. The number of fused-ring (bicyclic) bond motifs is 3. The van der Waals surface area contributed by atoms with Gasteiger partial charge in [-0.15, -0.1) is 0 Å². The Balaban J connectivity index is 1.49. The van der Waals surface area contributed by atoms with Crippen LogP contribution in [0.25, 0.3) is 0 Å². The highest BCUT2D eigenvalue weighted by Crippen LogP contribution is 2.40. The second kappa shape index (κ2) is 8.87. The molecule has 0 aromatic heterocycles. The number of nitrogens with zero attached hydrogens (tertiary/aromatic N) is 2. The van der Waals surface area contributed by atoms with E-state index >= 15 is 0 Å². The Bertz CT molecular complexity index is 1240. The molecule has 35 heavy (non-hydrogen) atoms. The molecule has 1 amide bonds. The first kappa shape index (κ1) is 23.1. The molecule has 2 heterocycles. The molecule has 182 valence electrons. The predicted octanol–water partition coefficient (Wildman–Crippen LogP) is 5.49. The second-order valence-corrected chi connectivity index (χ2v) is 8.81. The van der Waals surface area contributed by atoms with Gasteiger partial charge in [0, 0.05) is 31.0 Å². The van der Waals surface area contributed by atoms with Crippen LogP contribution in [0.2, 0.25) is 0 Å². The van der Waals surface area contributed by atoms with Crippen LogP contribution in [0.5, 0.6) is 0 Å². The van der Waals surface area contributed by atoms with Gasteiger partial charge in [-0.3, -0.25) is 4.79 Å². The maximum Gasteiger partial charge on any atom is 0.416 e. The van der Waals surface area contributed by atoms with Crippen LogP contribution in [0.4, 0.5) is 39.0 Å². The lowest BCUT2D eigenvalue weighted by Crippen LogP contribution is -2.60. The summed E-state index contributed by atoms with van der Waals surface area (Å²) in [6.07, 6.45) is -4.40. The summed E-state index contributed by atoms with van der Waals surface area (Å²) in [4.78, 5) is 17.2. The molecule has 2 aliphatic rings. The summed E-state index contributed by atoms with van der Waals surface area (Å²) in [5.41, 5.74) is 1.14. The van der Waals surface area contributed by atoms with Gasteiger partial charge in [-0.05, 0) is 66.6 Å². The third-order valence-electron chi connectivity index (χ3n) is 6.68. The second-order valence-electron chi connectivity index (χ2n) is 8.81. The van der Waals surface area contributed by atoms with Crippen molar-refractivity contribution in [3.63, 3.8) is 0 Å². The van der Waals surface area contributed by atoms with E-state index in [0.29, 0.717) is 42.3 Å². The average Bonchev–Trinajstić information content (AvgIpc) is 2.84. The molecule has 1 fully saturated rings. The standard InChI is InChI=1S/C26H22F5N3O/c27-18-6-8-19(9-7-18)32-25(35)20-14-16-13-17(26(29,30)31)5-10-22(16)34-12-11-33(15-24(20)34)23-4-2-1-3-21(23)28/h1-10,13,20,24H,11-12,14-15H2,(H,32,35). The minimum Gasteiger partial charge on any atom is -0.365 e. The highest BCUT2D eigenvalue weighted by atomic mass is 19.4. The Morgan fingerprint density at radius 3 is 2.37 bits per heavy atom. The van der Waals surface area contributed by atoms with Gasteiger partial charge in [0.15, 0.2) is 0 Å². The van der Waals surface area contributed by atoms with Crippen LogP contribution in [0.1, 0.15) is 11.1 Å². The molecule has 2 atom stereocenters. The Hall–Kier alpha value is -3.62. The number of hydrogen-bond acceptors (Lipinski definition) is 3. The van der Waals surface area contributed by atoms with Gasteiger partial charge in [0.25, 0.3) is 0 Å². The lowest BCUT2D eigenvalue weighted by molar-refractivity contribution is -0.137. The van der Waals surface area contributed by atoms with E-state index in [4.69, 9.17) is 0 Å². The molecular weight excluding hydrogens is 465 g/mol. The van der Waals surface area contributed by atoms with Crippen molar-refractivity contribution in [2.45, 2.75) is 18.6 Å². The Morgan fingerprint density at radius 1 is 0.914 bits per heavy atom. The van der Waals surface area contributed by atoms with Crippen LogP contribution in [-0.4, -0.2) is 31.6 Å². The molecule has 2 aliphatic heterocycles. The van der Waals surface area contributed by atoms with Crippen LogP contribution in [0.15, 0.2) is 66.7 Å². The quantitative estimate of drug-likeness (QED) is 0.497. The fourth-order valence-corrected chi connectivity index (χ4v) is 4.99. The zero-order valence-corrected chi connectivity index (χ0v) is 18.5. The largest absolute Gasteiger partial charge is 0.416 e. The van der Waals surface area contributed by atoms with Gasteiger partial charge >= 0.3 is 6.18 Å². The molecule has 2 unspecified atom stereocenters. The summed E-state index contributed by atoms with van der Waals surface area (Å²) in [5.74, 6) is -1.91. The highest BCUT2D eigenvalue weighted by Gasteiger charge is 2.43. The number of anilines is 3. The van der Waals surface area contributed by atoms with Crippen molar-refractivity contribution in [2.75, 3.05) is 34.8 Å². The maximum absolute atomic E-state index is 14.5. The van der Waals surface area contributed by atoms with Crippen molar-refractivity contribution in [1.82, 2.24) is 0 Å². The summed E-state index contributed by atoms with van der Waals surface area (Å²) in [6.45, 7) is 1.19. The highest BCUT2D eigenvalue weighted by molar-refractivity contribution is 5.94. The molecule has 1 N–H and O–H groups in total. The maximum atomic E-state index is 14.5. The average molecular weight is 487 g/mol. The lowest BCUT2D eigenvalue weighted by atomic mass is 9.82. The van der Waals surface area contributed by atoms with Crippen molar-refractivity contribution in [3.8, 4) is 0 Å². The fraction of sp³-hybridized carbons (Fsp3) is 0.269. The summed E-state index contributed by atoms with van der Waals surface area (Å²) in [6, 6.07) is 14.9. The third kappa shape index (κ3) is 4.54. The molecular formula is C26H22F5N3O. The van der Waals surface area contributed by atoms with Gasteiger partial charge in [-0.25, -0.2) is 8.78 Å². The van der Waals surface area contributed by atoms with Crippen LogP contribution in [0, 0.1) is 17.6 Å². The number of carbonyl (C=O) groups excluding carboxylic acids is 1. The summed E-state index contributed by atoms with van der Waals surface area (Å²) >= 11 is 0. The van der Waals surface area contributed by atoms with Gasteiger partial charge in [-0.2, -0.15) is 13.2 Å². The van der Waals surface area contributed by atoms with E-state index in [1.54, 1.807) is 18.2 Å². The Labute approximate surface area is 199 Å². The van der Waals surface area contributed by atoms with E-state index < -0.39 is 29.5 Å². The van der Waals surface area contributed by atoms with E-state index in [9.17, 15) is 26.7 Å². The molecule has 0 radical (unpaired) electrons. The first-order valence-corrected chi connectivity index (χ1v) is 11.2. The Kier molecular flexibility index (Phi) is 5.86. The van der Waals surface area contributed by atoms with Crippen LogP contribution in [0.3, 0.4) is 0 Å². The van der Waals surface area contributed by atoms with E-state index in [-0.39, 0.29) is 18.1 Å².